The Hall–Kier alpha value is -0.780. The molecule has 0 bridgehead atoms. The van der Waals surface area contributed by atoms with Crippen LogP contribution in [0.2, 0.25) is 0 Å². The largest absolute Gasteiger partial charge is 0.0802 e. The number of rotatable bonds is 0. The van der Waals surface area contributed by atoms with Gasteiger partial charge in [0.15, 0.2) is 0 Å². The summed E-state index contributed by atoms with van der Waals surface area (Å²) >= 11 is 0. The van der Waals surface area contributed by atoms with E-state index in [0.717, 1.165) is 6.42 Å². The van der Waals surface area contributed by atoms with Gasteiger partial charge in [0.1, 0.15) is 0 Å². The summed E-state index contributed by atoms with van der Waals surface area (Å²) in [5.74, 6) is 0. The van der Waals surface area contributed by atoms with Crippen LogP contribution in [-0.2, 0) is 0 Å². The average molecular weight is 150 g/mol. The minimum Gasteiger partial charge on any atom is -0.0802 e. The van der Waals surface area contributed by atoms with Crippen LogP contribution in [0.1, 0.15) is 34.1 Å². The van der Waals surface area contributed by atoms with E-state index in [4.69, 9.17) is 0 Å². The topological polar surface area (TPSA) is 0 Å². The van der Waals surface area contributed by atoms with Gasteiger partial charge in [0.25, 0.3) is 0 Å². The van der Waals surface area contributed by atoms with Gasteiger partial charge in [-0.05, 0) is 20.3 Å². The van der Waals surface area contributed by atoms with E-state index in [1.165, 1.54) is 11.1 Å². The maximum atomic E-state index is 2.20. The summed E-state index contributed by atoms with van der Waals surface area (Å²) in [5.41, 5.74) is 2.77. The summed E-state index contributed by atoms with van der Waals surface area (Å²) in [6.07, 6.45) is 9.79. The Balaban J connectivity index is 0.000000461. The molecule has 0 unspecified atom stereocenters. The second-order valence-corrected chi connectivity index (χ2v) is 2.53. The lowest BCUT2D eigenvalue weighted by Gasteiger charge is -1.86. The third-order valence-electron chi connectivity index (χ3n) is 1.45. The van der Waals surface area contributed by atoms with Crippen LogP contribution in [0, 0.1) is 0 Å². The summed E-state index contributed by atoms with van der Waals surface area (Å²) in [6, 6.07) is 0. The zero-order valence-electron chi connectivity index (χ0n) is 8.02. The molecule has 62 valence electrons. The summed E-state index contributed by atoms with van der Waals surface area (Å²) in [6.45, 7) is 8.27. The van der Waals surface area contributed by atoms with Crippen molar-refractivity contribution in [3.63, 3.8) is 0 Å². The van der Waals surface area contributed by atoms with Gasteiger partial charge in [0.05, 0.1) is 0 Å². The van der Waals surface area contributed by atoms with Crippen molar-refractivity contribution in [1.82, 2.24) is 0 Å². The molecule has 0 saturated carbocycles. The monoisotopic (exact) mass is 150 g/mol. The lowest BCUT2D eigenvalue weighted by Crippen LogP contribution is -1.66. The predicted octanol–water partition coefficient (Wildman–Crippen LogP) is 3.87. The van der Waals surface area contributed by atoms with Gasteiger partial charge >= 0.3 is 0 Å². The molecular formula is C11H18. The Labute approximate surface area is 70.3 Å². The first-order valence-corrected chi connectivity index (χ1v) is 4.29. The summed E-state index contributed by atoms with van der Waals surface area (Å²) in [4.78, 5) is 0. The normalized spacial score (nSPS) is 15.6. The van der Waals surface area contributed by atoms with Gasteiger partial charge in [-0.3, -0.25) is 0 Å². The van der Waals surface area contributed by atoms with Gasteiger partial charge in [-0.2, -0.15) is 0 Å². The van der Waals surface area contributed by atoms with Crippen molar-refractivity contribution in [3.05, 3.63) is 35.5 Å². The highest BCUT2D eigenvalue weighted by Crippen LogP contribution is 2.08. The molecule has 0 aromatic heterocycles. The Morgan fingerprint density at radius 3 is 2.36 bits per heavy atom. The van der Waals surface area contributed by atoms with Crippen LogP contribution in [0.3, 0.4) is 0 Å². The molecule has 0 nitrogen and oxygen atoms in total. The summed E-state index contributed by atoms with van der Waals surface area (Å²) in [5, 5.41) is 0. The highest BCUT2D eigenvalue weighted by Gasteiger charge is 1.88. The lowest BCUT2D eigenvalue weighted by atomic mass is 10.2. The average Bonchev–Trinajstić information content (AvgIpc) is 2.20. The standard InChI is InChI=1S/C9H12.C2H6/c1-8-4-3-5-9(2)7-6-8;1-2/h3-4,6-7H,5H2,1-2H3;1-2H3. The van der Waals surface area contributed by atoms with Crippen LogP contribution in [0.4, 0.5) is 0 Å². The van der Waals surface area contributed by atoms with Crippen molar-refractivity contribution in [1.29, 1.82) is 0 Å². The predicted molar refractivity (Wildman–Crippen MR) is 52.6 cm³/mol. The van der Waals surface area contributed by atoms with Crippen LogP contribution in [0.25, 0.3) is 0 Å². The maximum Gasteiger partial charge on any atom is -0.0135 e. The fourth-order valence-corrected chi connectivity index (χ4v) is 0.828. The smallest absolute Gasteiger partial charge is 0.0135 e. The minimum absolute atomic E-state index is 1.10. The van der Waals surface area contributed by atoms with Gasteiger partial charge in [-0.1, -0.05) is 49.3 Å². The molecule has 0 heterocycles. The quantitative estimate of drug-likeness (QED) is 0.492. The first-order chi connectivity index (χ1) is 5.29. The van der Waals surface area contributed by atoms with E-state index in [-0.39, 0.29) is 0 Å². The molecule has 0 aliphatic heterocycles. The summed E-state index contributed by atoms with van der Waals surface area (Å²) < 4.78 is 0. The maximum absolute atomic E-state index is 2.20. The van der Waals surface area contributed by atoms with Crippen LogP contribution in [-0.4, -0.2) is 0 Å². The van der Waals surface area contributed by atoms with Gasteiger partial charge in [0, 0.05) is 0 Å². The molecule has 0 aromatic rings. The molecule has 1 rings (SSSR count). The molecule has 0 saturated heterocycles. The SMILES string of the molecule is CC.CC1=CC=C(C)CC=C1. The molecule has 0 aromatic carbocycles. The van der Waals surface area contributed by atoms with E-state index in [0.29, 0.717) is 0 Å². The van der Waals surface area contributed by atoms with Crippen molar-refractivity contribution in [2.75, 3.05) is 0 Å². The third kappa shape index (κ3) is 4.60. The fourth-order valence-electron chi connectivity index (χ4n) is 0.828. The van der Waals surface area contributed by atoms with Crippen molar-refractivity contribution in [3.8, 4) is 0 Å². The van der Waals surface area contributed by atoms with Gasteiger partial charge in [-0.25, -0.2) is 0 Å². The molecule has 0 spiro atoms. The molecule has 0 radical (unpaired) electrons. The van der Waals surface area contributed by atoms with Crippen LogP contribution >= 0.6 is 0 Å². The first kappa shape index (κ1) is 10.2. The second kappa shape index (κ2) is 5.96. The second-order valence-electron chi connectivity index (χ2n) is 2.53. The highest BCUT2D eigenvalue weighted by atomic mass is 13.9. The molecule has 0 fully saturated rings. The zero-order chi connectivity index (χ0) is 8.69. The van der Waals surface area contributed by atoms with Crippen molar-refractivity contribution >= 4 is 0 Å². The molecule has 0 amide bonds. The third-order valence-corrected chi connectivity index (χ3v) is 1.45. The number of hydrogen-bond donors (Lipinski definition) is 0. The summed E-state index contributed by atoms with van der Waals surface area (Å²) in [7, 11) is 0. The first-order valence-electron chi connectivity index (χ1n) is 4.29. The van der Waals surface area contributed by atoms with E-state index in [2.05, 4.69) is 38.2 Å². The van der Waals surface area contributed by atoms with E-state index >= 15 is 0 Å². The Kier molecular flexibility index (Phi) is 5.54. The highest BCUT2D eigenvalue weighted by molar-refractivity contribution is 5.28. The molecule has 11 heavy (non-hydrogen) atoms. The molecular weight excluding hydrogens is 132 g/mol. The lowest BCUT2D eigenvalue weighted by molar-refractivity contribution is 1.22. The van der Waals surface area contributed by atoms with Gasteiger partial charge in [0.2, 0.25) is 0 Å². The van der Waals surface area contributed by atoms with Crippen molar-refractivity contribution in [2.45, 2.75) is 34.1 Å². The molecule has 1 aliphatic rings. The fraction of sp³-hybridized carbons (Fsp3) is 0.455. The Bertz CT molecular complexity index is 180. The minimum atomic E-state index is 1.10. The van der Waals surface area contributed by atoms with Gasteiger partial charge in [-0.15, -0.1) is 0 Å². The van der Waals surface area contributed by atoms with E-state index in [1.54, 1.807) is 0 Å². The molecule has 0 atom stereocenters. The Morgan fingerprint density at radius 1 is 1.09 bits per heavy atom. The van der Waals surface area contributed by atoms with Gasteiger partial charge < -0.3 is 0 Å². The van der Waals surface area contributed by atoms with Crippen LogP contribution in [0.15, 0.2) is 35.5 Å². The van der Waals surface area contributed by atoms with E-state index < -0.39 is 0 Å². The van der Waals surface area contributed by atoms with Crippen LogP contribution in [0.5, 0.6) is 0 Å². The van der Waals surface area contributed by atoms with Crippen molar-refractivity contribution < 1.29 is 0 Å². The van der Waals surface area contributed by atoms with E-state index in [1.807, 2.05) is 13.8 Å². The zero-order valence-corrected chi connectivity index (χ0v) is 8.02. The molecule has 0 heteroatoms. The number of hydrogen-bond acceptors (Lipinski definition) is 0. The Morgan fingerprint density at radius 2 is 1.73 bits per heavy atom. The molecule has 0 N–H and O–H groups in total. The van der Waals surface area contributed by atoms with Crippen molar-refractivity contribution in [2.24, 2.45) is 0 Å². The molecule has 1 aliphatic carbocycles. The van der Waals surface area contributed by atoms with E-state index in [9.17, 15) is 0 Å². The van der Waals surface area contributed by atoms with Crippen LogP contribution < -0.4 is 0 Å². The number of allylic oxidation sites excluding steroid dienone is 6.